The van der Waals surface area contributed by atoms with Gasteiger partial charge in [-0.05, 0) is 12.3 Å². The van der Waals surface area contributed by atoms with Crippen molar-refractivity contribution in [3.8, 4) is 0 Å². The second kappa shape index (κ2) is 4.25. The Morgan fingerprint density at radius 1 is 1.22 bits per heavy atom. The zero-order chi connectivity index (χ0) is 14.4. The minimum absolute atomic E-state index is 0.0279. The van der Waals surface area contributed by atoms with E-state index in [1.54, 1.807) is 13.8 Å². The van der Waals surface area contributed by atoms with Gasteiger partial charge in [-0.15, -0.1) is 0 Å². The van der Waals surface area contributed by atoms with Gasteiger partial charge in [0.05, 0.1) is 0 Å². The lowest BCUT2D eigenvalue weighted by molar-refractivity contribution is -0.118. The summed E-state index contributed by atoms with van der Waals surface area (Å²) in [5, 5.41) is 0. The molecule has 0 bridgehead atoms. The summed E-state index contributed by atoms with van der Waals surface area (Å²) >= 11 is 0. The summed E-state index contributed by atoms with van der Waals surface area (Å²) < 4.78 is 62.4. The van der Waals surface area contributed by atoms with E-state index in [0.29, 0.717) is 0 Å². The SMILES string of the molecule is CC1=C(OS(=O)(=O)C(F)(F)F)CC(C)(C)CC1=O. The van der Waals surface area contributed by atoms with Crippen molar-refractivity contribution in [2.75, 3.05) is 0 Å². The lowest BCUT2D eigenvalue weighted by atomic mass is 9.77. The first-order valence-electron chi connectivity index (χ1n) is 5.09. The highest BCUT2D eigenvalue weighted by Crippen LogP contribution is 2.39. The van der Waals surface area contributed by atoms with Gasteiger partial charge in [-0.25, -0.2) is 0 Å². The van der Waals surface area contributed by atoms with Gasteiger partial charge < -0.3 is 4.18 Å². The van der Waals surface area contributed by atoms with E-state index >= 15 is 0 Å². The van der Waals surface area contributed by atoms with E-state index in [-0.39, 0.29) is 18.4 Å². The third-order valence-corrected chi connectivity index (χ3v) is 3.60. The van der Waals surface area contributed by atoms with Crippen LogP contribution in [0.3, 0.4) is 0 Å². The Kier molecular flexibility index (Phi) is 3.55. The van der Waals surface area contributed by atoms with Gasteiger partial charge in [0.15, 0.2) is 5.78 Å². The predicted octanol–water partition coefficient (Wildman–Crippen LogP) is 2.52. The first kappa shape index (κ1) is 15.0. The monoisotopic (exact) mass is 286 g/mol. The van der Waals surface area contributed by atoms with E-state index in [2.05, 4.69) is 4.18 Å². The molecule has 0 saturated heterocycles. The van der Waals surface area contributed by atoms with Crippen molar-refractivity contribution in [2.24, 2.45) is 5.41 Å². The van der Waals surface area contributed by atoms with Crippen LogP contribution in [0, 0.1) is 5.41 Å². The summed E-state index contributed by atoms with van der Waals surface area (Å²) in [6, 6.07) is 0. The molecule has 0 aromatic rings. The molecule has 0 atom stereocenters. The highest BCUT2D eigenvalue weighted by molar-refractivity contribution is 7.87. The van der Waals surface area contributed by atoms with Crippen molar-refractivity contribution < 1.29 is 30.6 Å². The van der Waals surface area contributed by atoms with E-state index in [1.165, 1.54) is 6.92 Å². The molecule has 0 radical (unpaired) electrons. The zero-order valence-electron chi connectivity index (χ0n) is 10.1. The van der Waals surface area contributed by atoms with Gasteiger partial charge in [0, 0.05) is 18.4 Å². The standard InChI is InChI=1S/C10H13F3O4S/c1-6-7(14)4-9(2,3)5-8(6)17-18(15,16)10(11,12)13/h4-5H2,1-3H3. The number of ketones is 1. The Balaban J connectivity index is 3.11. The van der Waals surface area contributed by atoms with Crippen molar-refractivity contribution in [1.82, 2.24) is 0 Å². The van der Waals surface area contributed by atoms with E-state index < -0.39 is 32.6 Å². The van der Waals surface area contributed by atoms with Crippen molar-refractivity contribution >= 4 is 15.9 Å². The Morgan fingerprint density at radius 3 is 2.17 bits per heavy atom. The minimum Gasteiger partial charge on any atom is -0.380 e. The van der Waals surface area contributed by atoms with Gasteiger partial charge in [0.1, 0.15) is 5.76 Å². The van der Waals surface area contributed by atoms with Crippen molar-refractivity contribution in [1.29, 1.82) is 0 Å². The molecule has 1 aliphatic rings. The number of carbonyl (C=O) groups excluding carboxylic acids is 1. The van der Waals surface area contributed by atoms with Gasteiger partial charge in [-0.1, -0.05) is 13.8 Å². The smallest absolute Gasteiger partial charge is 0.380 e. The molecule has 0 heterocycles. The molecular weight excluding hydrogens is 273 g/mol. The summed E-state index contributed by atoms with van der Waals surface area (Å²) in [5.41, 5.74) is -6.18. The molecule has 1 aliphatic carbocycles. The van der Waals surface area contributed by atoms with Gasteiger partial charge in [-0.2, -0.15) is 21.6 Å². The molecule has 0 saturated carbocycles. The molecule has 0 fully saturated rings. The molecule has 0 N–H and O–H groups in total. The largest absolute Gasteiger partial charge is 0.534 e. The number of halogens is 3. The van der Waals surface area contributed by atoms with Crippen molar-refractivity contribution in [3.05, 3.63) is 11.3 Å². The van der Waals surface area contributed by atoms with Crippen LogP contribution in [0.25, 0.3) is 0 Å². The topological polar surface area (TPSA) is 60.4 Å². The van der Waals surface area contributed by atoms with Crippen LogP contribution in [0.2, 0.25) is 0 Å². The van der Waals surface area contributed by atoms with Crippen LogP contribution >= 0.6 is 0 Å². The number of hydrogen-bond donors (Lipinski definition) is 0. The number of allylic oxidation sites excluding steroid dienone is 2. The van der Waals surface area contributed by atoms with Gasteiger partial charge >= 0.3 is 15.6 Å². The highest BCUT2D eigenvalue weighted by atomic mass is 32.2. The van der Waals surface area contributed by atoms with Crippen LogP contribution in [0.15, 0.2) is 11.3 Å². The molecule has 4 nitrogen and oxygen atoms in total. The van der Waals surface area contributed by atoms with Crippen molar-refractivity contribution in [3.63, 3.8) is 0 Å². The van der Waals surface area contributed by atoms with E-state index in [1.807, 2.05) is 0 Å². The van der Waals surface area contributed by atoms with Crippen LogP contribution in [-0.4, -0.2) is 19.7 Å². The number of carbonyl (C=O) groups is 1. The summed E-state index contributed by atoms with van der Waals surface area (Å²) in [6.45, 7) is 4.57. The average Bonchev–Trinajstić information content (AvgIpc) is 2.09. The molecule has 8 heteroatoms. The third kappa shape index (κ3) is 3.04. The number of Topliss-reactive ketones (excluding diaryl/α,β-unsaturated/α-hetero) is 1. The fourth-order valence-electron chi connectivity index (χ4n) is 1.62. The number of rotatable bonds is 2. The Morgan fingerprint density at radius 2 is 1.72 bits per heavy atom. The van der Waals surface area contributed by atoms with E-state index in [9.17, 15) is 26.4 Å². The van der Waals surface area contributed by atoms with Crippen LogP contribution in [0.1, 0.15) is 33.6 Å². The zero-order valence-corrected chi connectivity index (χ0v) is 10.9. The van der Waals surface area contributed by atoms with E-state index in [4.69, 9.17) is 0 Å². The quantitative estimate of drug-likeness (QED) is 0.578. The average molecular weight is 286 g/mol. The fraction of sp³-hybridized carbons (Fsp3) is 0.700. The summed E-state index contributed by atoms with van der Waals surface area (Å²) in [7, 11) is -5.71. The Bertz CT molecular complexity index is 500. The molecule has 18 heavy (non-hydrogen) atoms. The second-order valence-electron chi connectivity index (χ2n) is 4.97. The molecular formula is C10H13F3O4S. The van der Waals surface area contributed by atoms with Crippen LogP contribution < -0.4 is 0 Å². The van der Waals surface area contributed by atoms with Crippen LogP contribution in [-0.2, 0) is 19.1 Å². The Hall–Kier alpha value is -1.05. The lowest BCUT2D eigenvalue weighted by Crippen LogP contribution is -2.30. The molecule has 0 aromatic heterocycles. The van der Waals surface area contributed by atoms with Gasteiger partial charge in [0.25, 0.3) is 0 Å². The third-order valence-electron chi connectivity index (χ3n) is 2.61. The number of hydrogen-bond acceptors (Lipinski definition) is 4. The maximum absolute atomic E-state index is 12.2. The first-order chi connectivity index (χ1) is 7.86. The molecule has 0 unspecified atom stereocenters. The summed E-state index contributed by atoms with van der Waals surface area (Å²) in [5.74, 6) is -0.827. The van der Waals surface area contributed by atoms with E-state index in [0.717, 1.165) is 0 Å². The van der Waals surface area contributed by atoms with Crippen LogP contribution in [0.4, 0.5) is 13.2 Å². The first-order valence-corrected chi connectivity index (χ1v) is 6.50. The molecule has 104 valence electrons. The molecule has 0 amide bonds. The second-order valence-corrected chi connectivity index (χ2v) is 6.51. The van der Waals surface area contributed by atoms with Crippen molar-refractivity contribution in [2.45, 2.75) is 39.1 Å². The summed E-state index contributed by atoms with van der Waals surface area (Å²) in [6.07, 6.45) is 0.123. The Labute approximate surface area is 103 Å². The maximum Gasteiger partial charge on any atom is 0.534 e. The number of alkyl halides is 3. The fourth-order valence-corrected chi connectivity index (χ4v) is 2.17. The molecule has 0 aliphatic heterocycles. The highest BCUT2D eigenvalue weighted by Gasteiger charge is 2.49. The van der Waals surface area contributed by atoms with Gasteiger partial charge in [-0.3, -0.25) is 4.79 Å². The van der Waals surface area contributed by atoms with Gasteiger partial charge in [0.2, 0.25) is 0 Å². The van der Waals surface area contributed by atoms with Crippen LogP contribution in [0.5, 0.6) is 0 Å². The minimum atomic E-state index is -5.71. The molecule has 0 aromatic carbocycles. The normalized spacial score (nSPS) is 21.1. The lowest BCUT2D eigenvalue weighted by Gasteiger charge is -2.30. The molecule has 0 spiro atoms. The maximum atomic E-state index is 12.2. The predicted molar refractivity (Wildman–Crippen MR) is 56.8 cm³/mol. The molecule has 1 rings (SSSR count). The summed E-state index contributed by atoms with van der Waals surface area (Å²) in [4.78, 5) is 11.5.